The van der Waals surface area contributed by atoms with Crippen molar-refractivity contribution in [2.45, 2.75) is 91.1 Å². The van der Waals surface area contributed by atoms with E-state index in [1.54, 1.807) is 11.1 Å². The molecule has 0 aromatic heterocycles. The maximum Gasteiger partial charge on any atom is 0.111 e. The summed E-state index contributed by atoms with van der Waals surface area (Å²) in [6, 6.07) is 0.897. The fourth-order valence-corrected chi connectivity index (χ4v) is 6.89. The molecule has 182 valence electrons. The fourth-order valence-electron chi connectivity index (χ4n) is 6.89. The highest BCUT2D eigenvalue weighted by molar-refractivity contribution is 5.35. The zero-order chi connectivity index (χ0) is 23.2. The van der Waals surface area contributed by atoms with Gasteiger partial charge in [0, 0.05) is 31.8 Å². The molecule has 33 heavy (non-hydrogen) atoms. The minimum Gasteiger partial charge on any atom is -0.396 e. The summed E-state index contributed by atoms with van der Waals surface area (Å²) in [5, 5.41) is 16.9. The molecule has 1 saturated carbocycles. The zero-order valence-electron chi connectivity index (χ0n) is 21.3. The van der Waals surface area contributed by atoms with E-state index in [-0.39, 0.29) is 6.04 Å². The Morgan fingerprint density at radius 2 is 1.79 bits per heavy atom. The number of nitrogens with zero attached hydrogens (tertiary/aromatic N) is 1. The zero-order valence-corrected chi connectivity index (χ0v) is 21.3. The second kappa shape index (κ2) is 8.97. The number of aliphatic hydroxyl groups is 1. The van der Waals surface area contributed by atoms with E-state index in [1.165, 1.54) is 57.2 Å². The minimum absolute atomic E-state index is 0.279. The molecule has 1 saturated heterocycles. The van der Waals surface area contributed by atoms with Crippen LogP contribution in [0.3, 0.4) is 0 Å². The highest BCUT2D eigenvalue weighted by atomic mass is 16.3. The van der Waals surface area contributed by atoms with Crippen LogP contribution in [0.4, 0.5) is 0 Å². The van der Waals surface area contributed by atoms with E-state index in [0.29, 0.717) is 41.2 Å². The van der Waals surface area contributed by atoms with Gasteiger partial charge in [-0.25, -0.2) is 0 Å². The van der Waals surface area contributed by atoms with Crippen molar-refractivity contribution in [1.82, 2.24) is 15.5 Å². The molecule has 0 aromatic carbocycles. The average molecular weight is 452 g/mol. The molecular formula is C29H45N3O. The normalized spacial score (nSPS) is 35.2. The molecule has 4 nitrogen and oxygen atoms in total. The summed E-state index contributed by atoms with van der Waals surface area (Å²) >= 11 is 0. The van der Waals surface area contributed by atoms with Crippen molar-refractivity contribution >= 4 is 0 Å². The third-order valence-electron chi connectivity index (χ3n) is 9.64. The lowest BCUT2D eigenvalue weighted by molar-refractivity contribution is 0.200. The first-order valence-corrected chi connectivity index (χ1v) is 13.6. The van der Waals surface area contributed by atoms with Crippen molar-refractivity contribution < 1.29 is 5.11 Å². The van der Waals surface area contributed by atoms with Crippen LogP contribution >= 0.6 is 0 Å². The van der Waals surface area contributed by atoms with Gasteiger partial charge >= 0.3 is 0 Å². The Kier molecular flexibility index (Phi) is 6.34. The van der Waals surface area contributed by atoms with Crippen LogP contribution in [0.2, 0.25) is 0 Å². The summed E-state index contributed by atoms with van der Waals surface area (Å²) in [5.74, 6) is 10.1. The molecule has 2 fully saturated rings. The van der Waals surface area contributed by atoms with Gasteiger partial charge in [-0.05, 0) is 86.5 Å². The number of hydrogen-bond acceptors (Lipinski definition) is 4. The third-order valence-corrected chi connectivity index (χ3v) is 9.64. The molecule has 0 spiro atoms. The van der Waals surface area contributed by atoms with Gasteiger partial charge in [-0.15, -0.1) is 0 Å². The first kappa shape index (κ1) is 23.3. The second-order valence-electron chi connectivity index (χ2n) is 12.8. The molecule has 5 aliphatic rings. The number of nitrogens with one attached hydrogen (secondary N) is 2. The standard InChI is InChI=1S/C29H45N3O/c1-28(2)12-13-29(3,4)25-17-20(8-9-24(25)28)26-6-5-7-27(31-26)32-14-10-23(11-15-32)30-18-21-16-22(21)19-33/h7,20-23,26,30-31,33H,8-19H2,1-4H3. The molecule has 3 aliphatic carbocycles. The molecule has 4 unspecified atom stereocenters. The number of likely N-dealkylation sites (tertiary alicyclic amines) is 1. The van der Waals surface area contributed by atoms with E-state index < -0.39 is 0 Å². The SMILES string of the molecule is CC1(C)CCC(C)(C)C2=C1CCC(C1C#CC=C(N3CCC(NCC4CC4CO)CC3)N1)C2. The number of rotatable bonds is 6. The molecule has 0 amide bonds. The van der Waals surface area contributed by atoms with Crippen LogP contribution in [-0.4, -0.2) is 48.3 Å². The summed E-state index contributed by atoms with van der Waals surface area (Å²) in [6.45, 7) is 13.5. The maximum absolute atomic E-state index is 9.25. The van der Waals surface area contributed by atoms with E-state index in [1.807, 2.05) is 0 Å². The quantitative estimate of drug-likeness (QED) is 0.413. The fraction of sp³-hybridized carbons (Fsp3) is 0.793. The van der Waals surface area contributed by atoms with Crippen LogP contribution in [0.15, 0.2) is 23.0 Å². The topological polar surface area (TPSA) is 47.5 Å². The minimum atomic E-state index is 0.279. The van der Waals surface area contributed by atoms with Crippen LogP contribution in [0.5, 0.6) is 0 Å². The molecule has 5 rings (SSSR count). The van der Waals surface area contributed by atoms with Crippen molar-refractivity contribution in [3.63, 3.8) is 0 Å². The van der Waals surface area contributed by atoms with Gasteiger partial charge in [0.1, 0.15) is 5.82 Å². The molecule has 0 radical (unpaired) electrons. The Morgan fingerprint density at radius 1 is 1.06 bits per heavy atom. The third kappa shape index (κ3) is 4.87. The van der Waals surface area contributed by atoms with Crippen LogP contribution in [0, 0.1) is 40.4 Å². The van der Waals surface area contributed by atoms with Gasteiger partial charge in [0.25, 0.3) is 0 Å². The first-order valence-electron chi connectivity index (χ1n) is 13.6. The van der Waals surface area contributed by atoms with Crippen molar-refractivity contribution in [2.24, 2.45) is 28.6 Å². The van der Waals surface area contributed by atoms with Gasteiger partial charge in [-0.2, -0.15) is 0 Å². The van der Waals surface area contributed by atoms with Crippen molar-refractivity contribution in [1.29, 1.82) is 0 Å². The summed E-state index contributed by atoms with van der Waals surface area (Å²) < 4.78 is 0. The van der Waals surface area contributed by atoms with Gasteiger partial charge < -0.3 is 20.6 Å². The van der Waals surface area contributed by atoms with Crippen LogP contribution in [0.25, 0.3) is 0 Å². The summed E-state index contributed by atoms with van der Waals surface area (Å²) in [4.78, 5) is 2.52. The van der Waals surface area contributed by atoms with Crippen LogP contribution in [0.1, 0.15) is 79.1 Å². The summed E-state index contributed by atoms with van der Waals surface area (Å²) in [6.07, 6.45) is 12.1. The molecule has 2 aliphatic heterocycles. The van der Waals surface area contributed by atoms with E-state index in [4.69, 9.17) is 0 Å². The summed E-state index contributed by atoms with van der Waals surface area (Å²) in [7, 11) is 0. The van der Waals surface area contributed by atoms with Gasteiger partial charge in [0.15, 0.2) is 0 Å². The second-order valence-corrected chi connectivity index (χ2v) is 12.8. The molecule has 0 bridgehead atoms. The van der Waals surface area contributed by atoms with Crippen molar-refractivity contribution in [3.8, 4) is 11.8 Å². The van der Waals surface area contributed by atoms with E-state index in [9.17, 15) is 5.11 Å². The lowest BCUT2D eigenvalue weighted by Gasteiger charge is -2.48. The predicted molar refractivity (Wildman–Crippen MR) is 135 cm³/mol. The average Bonchev–Trinajstić information content (AvgIpc) is 3.60. The Balaban J connectivity index is 1.15. The Labute approximate surface area is 201 Å². The highest BCUT2D eigenvalue weighted by Gasteiger charge is 2.43. The highest BCUT2D eigenvalue weighted by Crippen LogP contribution is 2.55. The largest absolute Gasteiger partial charge is 0.396 e. The number of hydrogen-bond donors (Lipinski definition) is 3. The predicted octanol–water partition coefficient (Wildman–Crippen LogP) is 4.43. The maximum atomic E-state index is 9.25. The number of aliphatic hydroxyl groups excluding tert-OH is 1. The van der Waals surface area contributed by atoms with Crippen LogP contribution in [-0.2, 0) is 0 Å². The monoisotopic (exact) mass is 451 g/mol. The van der Waals surface area contributed by atoms with Crippen molar-refractivity contribution in [2.75, 3.05) is 26.2 Å². The molecule has 4 atom stereocenters. The van der Waals surface area contributed by atoms with Gasteiger partial charge in [-0.1, -0.05) is 50.7 Å². The Hall–Kier alpha value is -1.44. The molecular weight excluding hydrogens is 406 g/mol. The molecule has 3 N–H and O–H groups in total. The van der Waals surface area contributed by atoms with Gasteiger partial charge in [-0.3, -0.25) is 0 Å². The van der Waals surface area contributed by atoms with Crippen molar-refractivity contribution in [3.05, 3.63) is 23.0 Å². The first-order chi connectivity index (χ1) is 15.8. The molecule has 4 heteroatoms. The Morgan fingerprint density at radius 3 is 2.48 bits per heavy atom. The number of piperidine rings is 1. The number of allylic oxidation sites excluding steroid dienone is 3. The van der Waals surface area contributed by atoms with E-state index >= 15 is 0 Å². The molecule has 2 heterocycles. The summed E-state index contributed by atoms with van der Waals surface area (Å²) in [5.41, 5.74) is 4.24. The van der Waals surface area contributed by atoms with Gasteiger partial charge in [0.2, 0.25) is 0 Å². The van der Waals surface area contributed by atoms with E-state index in [2.05, 4.69) is 61.1 Å². The molecule has 0 aromatic rings. The van der Waals surface area contributed by atoms with E-state index in [0.717, 1.165) is 19.6 Å². The van der Waals surface area contributed by atoms with Crippen LogP contribution < -0.4 is 10.6 Å². The smallest absolute Gasteiger partial charge is 0.111 e. The van der Waals surface area contributed by atoms with Gasteiger partial charge in [0.05, 0.1) is 6.04 Å². The lowest BCUT2D eigenvalue weighted by Crippen LogP contribution is -2.48. The Bertz CT molecular complexity index is 865. The lowest BCUT2D eigenvalue weighted by atomic mass is 9.57.